The first kappa shape index (κ1) is 14.6. The number of aromatic nitrogens is 2. The Morgan fingerprint density at radius 3 is 2.67 bits per heavy atom. The van der Waals surface area contributed by atoms with Crippen molar-refractivity contribution in [2.24, 2.45) is 5.92 Å². The molecular formula is C16H26N4O. The van der Waals surface area contributed by atoms with Gasteiger partial charge in [-0.25, -0.2) is 4.98 Å². The predicted octanol–water partition coefficient (Wildman–Crippen LogP) is 2.15. The summed E-state index contributed by atoms with van der Waals surface area (Å²) in [5.41, 5.74) is 0.970. The van der Waals surface area contributed by atoms with E-state index in [9.17, 15) is 0 Å². The van der Waals surface area contributed by atoms with Crippen molar-refractivity contribution in [2.45, 2.75) is 45.6 Å². The maximum atomic E-state index is 5.52. The quantitative estimate of drug-likeness (QED) is 0.870. The number of nitrogens with zero attached hydrogens (tertiary/aromatic N) is 3. The Morgan fingerprint density at radius 2 is 2.00 bits per heavy atom. The van der Waals surface area contributed by atoms with Crippen molar-refractivity contribution in [1.82, 2.24) is 15.3 Å². The van der Waals surface area contributed by atoms with Crippen molar-refractivity contribution in [3.63, 3.8) is 0 Å². The first-order valence-corrected chi connectivity index (χ1v) is 8.21. The number of hydrogen-bond acceptors (Lipinski definition) is 5. The fourth-order valence-corrected chi connectivity index (χ4v) is 2.83. The van der Waals surface area contributed by atoms with Gasteiger partial charge in [-0.3, -0.25) is 0 Å². The summed E-state index contributed by atoms with van der Waals surface area (Å²) in [4.78, 5) is 11.4. The zero-order chi connectivity index (χ0) is 14.7. The highest BCUT2D eigenvalue weighted by atomic mass is 16.5. The molecule has 2 heterocycles. The number of hydrogen-bond donors (Lipinski definition) is 1. The van der Waals surface area contributed by atoms with Gasteiger partial charge in [0, 0.05) is 30.9 Å². The molecule has 1 saturated carbocycles. The Bertz CT molecular complexity index is 467. The maximum absolute atomic E-state index is 5.52. The van der Waals surface area contributed by atoms with Gasteiger partial charge in [0.05, 0.1) is 6.61 Å². The van der Waals surface area contributed by atoms with Crippen LogP contribution in [-0.2, 0) is 0 Å². The molecule has 1 aliphatic heterocycles. The van der Waals surface area contributed by atoms with E-state index in [2.05, 4.69) is 20.2 Å². The minimum absolute atomic E-state index is 0.642. The van der Waals surface area contributed by atoms with Gasteiger partial charge in [0.25, 0.3) is 0 Å². The molecule has 1 aliphatic carbocycles. The minimum Gasteiger partial charge on any atom is -0.478 e. The lowest BCUT2D eigenvalue weighted by molar-refractivity contribution is 0.325. The molecule has 0 bridgehead atoms. The third-order valence-corrected chi connectivity index (χ3v) is 4.28. The third kappa shape index (κ3) is 4.06. The summed E-state index contributed by atoms with van der Waals surface area (Å²) in [6, 6.07) is 2.56. The molecule has 1 N–H and O–H groups in total. The lowest BCUT2D eigenvalue weighted by atomic mass is 10.1. The summed E-state index contributed by atoms with van der Waals surface area (Å²) in [5, 5.41) is 3.71. The van der Waals surface area contributed by atoms with E-state index in [1.165, 1.54) is 32.2 Å². The summed E-state index contributed by atoms with van der Waals surface area (Å²) >= 11 is 0. The van der Waals surface area contributed by atoms with E-state index in [0.717, 1.165) is 30.6 Å². The lowest BCUT2D eigenvalue weighted by Crippen LogP contribution is -2.43. The SMILES string of the molecule is CCOc1cc(C)nc(N2CCC(NCC3CC3)CC2)n1. The Labute approximate surface area is 127 Å². The summed E-state index contributed by atoms with van der Waals surface area (Å²) in [6.07, 6.45) is 5.19. The van der Waals surface area contributed by atoms with Crippen LogP contribution in [0.4, 0.5) is 5.95 Å². The van der Waals surface area contributed by atoms with E-state index in [1.807, 2.05) is 19.9 Å². The van der Waals surface area contributed by atoms with E-state index >= 15 is 0 Å². The van der Waals surface area contributed by atoms with Crippen LogP contribution in [0.2, 0.25) is 0 Å². The van der Waals surface area contributed by atoms with Crippen molar-refractivity contribution in [3.05, 3.63) is 11.8 Å². The van der Waals surface area contributed by atoms with Crippen molar-refractivity contribution in [1.29, 1.82) is 0 Å². The first-order valence-electron chi connectivity index (χ1n) is 8.21. The highest BCUT2D eigenvalue weighted by Crippen LogP contribution is 2.28. The molecule has 1 aromatic heterocycles. The molecule has 2 aliphatic rings. The normalized spacial score (nSPS) is 19.8. The van der Waals surface area contributed by atoms with Crippen molar-refractivity contribution >= 4 is 5.95 Å². The molecule has 1 aromatic rings. The van der Waals surface area contributed by atoms with Gasteiger partial charge in [0.15, 0.2) is 0 Å². The van der Waals surface area contributed by atoms with Crippen LogP contribution in [0.3, 0.4) is 0 Å². The van der Waals surface area contributed by atoms with E-state index < -0.39 is 0 Å². The minimum atomic E-state index is 0.642. The summed E-state index contributed by atoms with van der Waals surface area (Å²) in [6.45, 7) is 7.88. The Morgan fingerprint density at radius 1 is 1.24 bits per heavy atom. The third-order valence-electron chi connectivity index (χ3n) is 4.28. The maximum Gasteiger partial charge on any atom is 0.228 e. The van der Waals surface area contributed by atoms with Gasteiger partial charge in [-0.2, -0.15) is 4.98 Å². The molecule has 0 amide bonds. The Kier molecular flexibility index (Phi) is 4.58. The molecule has 0 radical (unpaired) electrons. The average Bonchev–Trinajstić information content (AvgIpc) is 3.30. The molecule has 0 aromatic carbocycles. The topological polar surface area (TPSA) is 50.3 Å². The molecule has 2 fully saturated rings. The number of rotatable bonds is 6. The molecule has 5 nitrogen and oxygen atoms in total. The molecule has 0 atom stereocenters. The molecule has 116 valence electrons. The largest absolute Gasteiger partial charge is 0.478 e. The van der Waals surface area contributed by atoms with Gasteiger partial charge in [0.2, 0.25) is 11.8 Å². The van der Waals surface area contributed by atoms with E-state index in [-0.39, 0.29) is 0 Å². The number of ether oxygens (including phenoxy) is 1. The van der Waals surface area contributed by atoms with Gasteiger partial charge in [-0.1, -0.05) is 0 Å². The first-order chi connectivity index (χ1) is 10.2. The van der Waals surface area contributed by atoms with Crippen molar-refractivity contribution < 1.29 is 4.74 Å². The van der Waals surface area contributed by atoms with E-state index in [1.54, 1.807) is 0 Å². The predicted molar refractivity (Wildman–Crippen MR) is 83.9 cm³/mol. The van der Waals surface area contributed by atoms with Crippen LogP contribution in [0.5, 0.6) is 5.88 Å². The monoisotopic (exact) mass is 290 g/mol. The van der Waals surface area contributed by atoms with Crippen LogP contribution in [0.1, 0.15) is 38.3 Å². The van der Waals surface area contributed by atoms with Gasteiger partial charge >= 0.3 is 0 Å². The van der Waals surface area contributed by atoms with Gasteiger partial charge in [0.1, 0.15) is 0 Å². The van der Waals surface area contributed by atoms with Crippen LogP contribution in [-0.4, -0.2) is 42.3 Å². The van der Waals surface area contributed by atoms with E-state index in [0.29, 0.717) is 18.5 Å². The number of piperidine rings is 1. The zero-order valence-corrected chi connectivity index (χ0v) is 13.1. The number of aryl methyl sites for hydroxylation is 1. The Balaban J connectivity index is 1.55. The van der Waals surface area contributed by atoms with Gasteiger partial charge in [-0.15, -0.1) is 0 Å². The van der Waals surface area contributed by atoms with E-state index in [4.69, 9.17) is 4.74 Å². The summed E-state index contributed by atoms with van der Waals surface area (Å²) < 4.78 is 5.52. The standard InChI is InChI=1S/C16H26N4O/c1-3-21-15-10-12(2)18-16(19-15)20-8-6-14(7-9-20)17-11-13-4-5-13/h10,13-14,17H,3-9,11H2,1-2H3. The Hall–Kier alpha value is -1.36. The highest BCUT2D eigenvalue weighted by Gasteiger charge is 2.25. The summed E-state index contributed by atoms with van der Waals surface area (Å²) in [5.74, 6) is 2.46. The van der Waals surface area contributed by atoms with Crippen LogP contribution < -0.4 is 15.0 Å². The zero-order valence-electron chi connectivity index (χ0n) is 13.1. The number of nitrogens with one attached hydrogen (secondary N) is 1. The second kappa shape index (κ2) is 6.60. The number of anilines is 1. The van der Waals surface area contributed by atoms with Gasteiger partial charge < -0.3 is 15.0 Å². The second-order valence-electron chi connectivity index (χ2n) is 6.19. The summed E-state index contributed by atoms with van der Waals surface area (Å²) in [7, 11) is 0. The molecule has 1 saturated heterocycles. The smallest absolute Gasteiger partial charge is 0.228 e. The fourth-order valence-electron chi connectivity index (χ4n) is 2.83. The van der Waals surface area contributed by atoms with Gasteiger partial charge in [-0.05, 0) is 52.0 Å². The molecule has 3 rings (SSSR count). The molecular weight excluding hydrogens is 264 g/mol. The molecule has 0 spiro atoms. The van der Waals surface area contributed by atoms with Crippen LogP contribution in [0.15, 0.2) is 6.07 Å². The molecule has 0 unspecified atom stereocenters. The molecule has 21 heavy (non-hydrogen) atoms. The fraction of sp³-hybridized carbons (Fsp3) is 0.750. The second-order valence-corrected chi connectivity index (χ2v) is 6.19. The lowest BCUT2D eigenvalue weighted by Gasteiger charge is -2.32. The average molecular weight is 290 g/mol. The molecule has 5 heteroatoms. The van der Waals surface area contributed by atoms with Crippen LogP contribution in [0, 0.1) is 12.8 Å². The van der Waals surface area contributed by atoms with Crippen molar-refractivity contribution in [2.75, 3.05) is 31.1 Å². The van der Waals surface area contributed by atoms with Crippen LogP contribution >= 0.6 is 0 Å². The highest BCUT2D eigenvalue weighted by molar-refractivity contribution is 5.35. The van der Waals surface area contributed by atoms with Crippen LogP contribution in [0.25, 0.3) is 0 Å². The van der Waals surface area contributed by atoms with Crippen molar-refractivity contribution in [3.8, 4) is 5.88 Å².